The number of allylic oxidation sites excluding steroid dienone is 13. The number of fused-ring (bicyclic) bond motifs is 5. The average molecular weight is 915 g/mol. The summed E-state index contributed by atoms with van der Waals surface area (Å²) in [4.78, 5) is 12.7. The Bertz CT molecular complexity index is 1650. The van der Waals surface area contributed by atoms with Gasteiger partial charge < -0.3 is 29.5 Å². The number of ether oxygens (including phenoxy) is 3. The van der Waals surface area contributed by atoms with Crippen molar-refractivity contribution < 1.29 is 34.3 Å². The molecule has 0 aromatic carbocycles. The summed E-state index contributed by atoms with van der Waals surface area (Å²) < 4.78 is 18.1. The van der Waals surface area contributed by atoms with Crippen molar-refractivity contribution in [3.63, 3.8) is 0 Å². The van der Waals surface area contributed by atoms with Crippen LogP contribution in [0.2, 0.25) is 0 Å². The van der Waals surface area contributed by atoms with Crippen LogP contribution in [0.3, 0.4) is 0 Å². The average Bonchev–Trinajstić information content (AvgIpc) is 3.66. The molecule has 0 radical (unpaired) electrons. The minimum atomic E-state index is -1.46. The summed E-state index contributed by atoms with van der Waals surface area (Å²) >= 11 is 0. The minimum absolute atomic E-state index is 0.148. The van der Waals surface area contributed by atoms with Crippen LogP contribution in [-0.2, 0) is 19.0 Å². The quantitative estimate of drug-likeness (QED) is 0.0451. The Balaban J connectivity index is 0.973. The molecule has 4 aliphatic carbocycles. The van der Waals surface area contributed by atoms with Gasteiger partial charge in [0.25, 0.3) is 0 Å². The molecule has 14 atom stereocenters. The Kier molecular flexibility index (Phi) is 22.7. The highest BCUT2D eigenvalue weighted by atomic mass is 16.7. The highest BCUT2D eigenvalue weighted by Gasteiger charge is 2.59. The molecule has 14 unspecified atom stereocenters. The fraction of sp³-hybridized carbons (Fsp3) is 0.746. The molecular weight excluding hydrogens is 821 g/mol. The van der Waals surface area contributed by atoms with Gasteiger partial charge >= 0.3 is 5.97 Å². The standard InChI is InChI=1S/C59H94O7/c1-8-10-11-12-13-14-15-16-17-18-19-20-21-22-23-24-25-26-27-28-29-30-53(60)64-42-52-54(61)55(62)56(63)57(66-52)65-47-37-39-58(6)46(41-47)33-34-48-50-36-35-49(59(50,7)40-38-51(48)58)44(5)31-32-45(9-2)43(3)4/h10-11,13-14,16-17,19-20,22-23,31-33,43-45,47-52,54-57,61-63H,8-9,12,15,18,21,24-30,34-42H2,1-7H3/b11-10-,14-13-,17-16-,20-19-,23-22-,32-31+. The second kappa shape index (κ2) is 27.6. The van der Waals surface area contributed by atoms with Gasteiger partial charge in [0, 0.05) is 6.42 Å². The van der Waals surface area contributed by atoms with E-state index in [2.05, 4.69) is 127 Å². The molecular formula is C59H94O7. The summed E-state index contributed by atoms with van der Waals surface area (Å²) in [5, 5.41) is 32.6. The lowest BCUT2D eigenvalue weighted by Crippen LogP contribution is -2.60. The topological polar surface area (TPSA) is 105 Å². The molecule has 0 aromatic heterocycles. The maximum absolute atomic E-state index is 12.7. The molecule has 0 spiro atoms. The Labute approximate surface area is 402 Å². The number of hydrogen-bond donors (Lipinski definition) is 3. The fourth-order valence-electron chi connectivity index (χ4n) is 13.0. The number of unbranched alkanes of at least 4 members (excludes halogenated alkanes) is 5. The third-order valence-electron chi connectivity index (χ3n) is 17.1. The summed E-state index contributed by atoms with van der Waals surface area (Å²) in [6.45, 7) is 16.6. The molecule has 1 saturated heterocycles. The van der Waals surface area contributed by atoms with E-state index in [1.807, 2.05) is 0 Å². The van der Waals surface area contributed by atoms with Crippen molar-refractivity contribution in [3.05, 3.63) is 84.6 Å². The van der Waals surface area contributed by atoms with Gasteiger partial charge in [-0.25, -0.2) is 0 Å². The number of esters is 1. The molecule has 0 aromatic rings. The monoisotopic (exact) mass is 915 g/mol. The fourth-order valence-corrected chi connectivity index (χ4v) is 13.0. The Morgan fingerprint density at radius 1 is 0.758 bits per heavy atom. The first kappa shape index (κ1) is 54.4. The molecule has 372 valence electrons. The highest BCUT2D eigenvalue weighted by Crippen LogP contribution is 2.67. The van der Waals surface area contributed by atoms with E-state index in [1.54, 1.807) is 0 Å². The predicted molar refractivity (Wildman–Crippen MR) is 271 cm³/mol. The summed E-state index contributed by atoms with van der Waals surface area (Å²) in [5.74, 6) is 4.55. The number of aliphatic hydroxyl groups is 3. The second-order valence-electron chi connectivity index (χ2n) is 21.8. The third-order valence-corrected chi connectivity index (χ3v) is 17.1. The SMILES string of the molecule is CC/C=C\C/C=C\C/C=C\C/C=C\C/C=C\CCCCCCCC(=O)OCC1OC(OC2CCC3(C)C(=CCC4C3CCC3(C)C(C(C)/C=C/C(CC)C(C)C)CCC43)C2)C(O)C(O)C1O. The van der Waals surface area contributed by atoms with Crippen molar-refractivity contribution >= 4 is 5.97 Å². The number of carbonyl (C=O) groups is 1. The van der Waals surface area contributed by atoms with Gasteiger partial charge in [-0.05, 0) is 161 Å². The lowest BCUT2D eigenvalue weighted by Gasteiger charge is -2.58. The van der Waals surface area contributed by atoms with Crippen molar-refractivity contribution in [1.82, 2.24) is 0 Å². The molecule has 3 saturated carbocycles. The van der Waals surface area contributed by atoms with Crippen molar-refractivity contribution in [2.24, 2.45) is 52.3 Å². The molecule has 1 aliphatic heterocycles. The molecule has 1 heterocycles. The van der Waals surface area contributed by atoms with Crippen LogP contribution in [0.1, 0.15) is 183 Å². The zero-order chi connectivity index (χ0) is 47.5. The molecule has 5 aliphatic rings. The van der Waals surface area contributed by atoms with Crippen LogP contribution in [0, 0.1) is 52.3 Å². The Morgan fingerprint density at radius 3 is 2.08 bits per heavy atom. The van der Waals surface area contributed by atoms with Gasteiger partial charge in [-0.1, -0.05) is 152 Å². The third kappa shape index (κ3) is 15.0. The second-order valence-corrected chi connectivity index (χ2v) is 21.8. The lowest BCUT2D eigenvalue weighted by atomic mass is 9.47. The van der Waals surface area contributed by atoms with Crippen molar-refractivity contribution in [3.8, 4) is 0 Å². The van der Waals surface area contributed by atoms with Gasteiger partial charge in [0.15, 0.2) is 6.29 Å². The maximum Gasteiger partial charge on any atom is 0.305 e. The van der Waals surface area contributed by atoms with Crippen molar-refractivity contribution in [2.75, 3.05) is 6.61 Å². The molecule has 7 nitrogen and oxygen atoms in total. The summed E-state index contributed by atoms with van der Waals surface area (Å²) in [6.07, 6.45) is 45.1. The predicted octanol–water partition coefficient (Wildman–Crippen LogP) is 13.7. The van der Waals surface area contributed by atoms with Gasteiger partial charge in [0.1, 0.15) is 31.0 Å². The number of rotatable bonds is 26. The maximum atomic E-state index is 12.7. The van der Waals surface area contributed by atoms with Crippen LogP contribution in [0.5, 0.6) is 0 Å². The van der Waals surface area contributed by atoms with E-state index in [-0.39, 0.29) is 24.1 Å². The molecule has 7 heteroatoms. The van der Waals surface area contributed by atoms with Gasteiger partial charge in [-0.3, -0.25) is 4.79 Å². The van der Waals surface area contributed by atoms with Crippen LogP contribution in [-0.4, -0.2) is 64.7 Å². The number of hydrogen-bond acceptors (Lipinski definition) is 7. The Morgan fingerprint density at radius 2 is 1.41 bits per heavy atom. The number of carbonyl (C=O) groups excluding carboxylic acids is 1. The van der Waals surface area contributed by atoms with Crippen LogP contribution >= 0.6 is 0 Å². The highest BCUT2D eigenvalue weighted by molar-refractivity contribution is 5.69. The zero-order valence-electron chi connectivity index (χ0n) is 42.5. The first-order valence-corrected chi connectivity index (χ1v) is 27.0. The van der Waals surface area contributed by atoms with E-state index >= 15 is 0 Å². The molecule has 0 bridgehead atoms. The van der Waals surface area contributed by atoms with Gasteiger partial charge in [-0.2, -0.15) is 0 Å². The van der Waals surface area contributed by atoms with E-state index < -0.39 is 30.7 Å². The van der Waals surface area contributed by atoms with E-state index in [9.17, 15) is 20.1 Å². The van der Waals surface area contributed by atoms with Crippen molar-refractivity contribution in [1.29, 1.82) is 0 Å². The van der Waals surface area contributed by atoms with Crippen LogP contribution in [0.15, 0.2) is 84.6 Å². The van der Waals surface area contributed by atoms with E-state index in [0.29, 0.717) is 35.5 Å². The largest absolute Gasteiger partial charge is 0.463 e. The summed E-state index contributed by atoms with van der Waals surface area (Å²) in [7, 11) is 0. The van der Waals surface area contributed by atoms with Crippen molar-refractivity contribution in [2.45, 2.75) is 220 Å². The lowest BCUT2D eigenvalue weighted by molar-refractivity contribution is -0.313. The van der Waals surface area contributed by atoms with Crippen LogP contribution in [0.4, 0.5) is 0 Å². The van der Waals surface area contributed by atoms with E-state index in [0.717, 1.165) is 114 Å². The van der Waals surface area contributed by atoms with Crippen LogP contribution in [0.25, 0.3) is 0 Å². The van der Waals surface area contributed by atoms with Gasteiger partial charge in [-0.15, -0.1) is 0 Å². The number of aliphatic hydroxyl groups excluding tert-OH is 3. The molecule has 66 heavy (non-hydrogen) atoms. The zero-order valence-corrected chi connectivity index (χ0v) is 42.5. The molecule has 4 fully saturated rings. The van der Waals surface area contributed by atoms with E-state index in [4.69, 9.17) is 14.2 Å². The van der Waals surface area contributed by atoms with Crippen LogP contribution < -0.4 is 0 Å². The van der Waals surface area contributed by atoms with Gasteiger partial charge in [0.05, 0.1) is 6.10 Å². The van der Waals surface area contributed by atoms with E-state index in [1.165, 1.54) is 37.7 Å². The first-order chi connectivity index (χ1) is 31.8. The molecule has 5 rings (SSSR count). The smallest absolute Gasteiger partial charge is 0.305 e. The Hall–Kier alpha value is -2.55. The molecule has 3 N–H and O–H groups in total. The summed E-state index contributed by atoms with van der Waals surface area (Å²) in [6, 6.07) is 0. The van der Waals surface area contributed by atoms with Gasteiger partial charge in [0.2, 0.25) is 0 Å². The molecule has 0 amide bonds. The summed E-state index contributed by atoms with van der Waals surface area (Å²) in [5.41, 5.74) is 2.03. The minimum Gasteiger partial charge on any atom is -0.463 e. The normalized spacial score (nSPS) is 34.8. The first-order valence-electron chi connectivity index (χ1n) is 27.0.